The summed E-state index contributed by atoms with van der Waals surface area (Å²) in [6.45, 7) is 4.76. The van der Waals surface area contributed by atoms with E-state index in [4.69, 9.17) is 4.74 Å². The van der Waals surface area contributed by atoms with Crippen molar-refractivity contribution in [3.63, 3.8) is 0 Å². The highest BCUT2D eigenvalue weighted by Gasteiger charge is 2.29. The Kier molecular flexibility index (Phi) is 5.76. The van der Waals surface area contributed by atoms with Gasteiger partial charge >= 0.3 is 0 Å². The molecule has 3 rings (SSSR count). The maximum atomic E-state index is 13.0. The summed E-state index contributed by atoms with van der Waals surface area (Å²) in [5.74, 6) is -0.0954. The Labute approximate surface area is 149 Å². The number of benzene rings is 1. The molecule has 0 spiro atoms. The van der Waals surface area contributed by atoms with E-state index < -0.39 is 10.0 Å². The molecular weight excluding hydrogens is 340 g/mol. The second kappa shape index (κ2) is 7.85. The van der Waals surface area contributed by atoms with E-state index in [1.807, 2.05) is 6.92 Å². The minimum absolute atomic E-state index is 0.0469. The Bertz CT molecular complexity index is 710. The summed E-state index contributed by atoms with van der Waals surface area (Å²) in [6.07, 6.45) is 3.96. The van der Waals surface area contributed by atoms with Crippen LogP contribution in [0.2, 0.25) is 0 Å². The number of hydrogen-bond acceptors (Lipinski definition) is 4. The molecule has 2 heterocycles. The third kappa shape index (κ3) is 4.04. The molecule has 1 amide bonds. The molecule has 0 aromatic heterocycles. The number of likely N-dealkylation sites (N-methyl/N-ethyl adjacent to an activating group) is 1. The molecule has 0 radical (unpaired) electrons. The molecule has 0 saturated carbocycles. The summed E-state index contributed by atoms with van der Waals surface area (Å²) in [6, 6.07) is 6.39. The monoisotopic (exact) mass is 366 g/mol. The minimum Gasteiger partial charge on any atom is -0.377 e. The summed E-state index contributed by atoms with van der Waals surface area (Å²) in [7, 11) is -3.64. The Morgan fingerprint density at radius 1 is 1.28 bits per heavy atom. The van der Waals surface area contributed by atoms with Crippen molar-refractivity contribution >= 4 is 15.9 Å². The average molecular weight is 366 g/mol. The Morgan fingerprint density at radius 3 is 2.68 bits per heavy atom. The van der Waals surface area contributed by atoms with Crippen LogP contribution in [-0.2, 0) is 14.8 Å². The number of ether oxygens (including phenoxy) is 1. The largest absolute Gasteiger partial charge is 0.377 e. The fraction of sp³-hybridized carbons (Fsp3) is 0.611. The van der Waals surface area contributed by atoms with E-state index in [9.17, 15) is 13.2 Å². The Hall–Kier alpha value is -1.44. The molecule has 25 heavy (non-hydrogen) atoms. The highest BCUT2D eigenvalue weighted by atomic mass is 32.2. The summed E-state index contributed by atoms with van der Waals surface area (Å²) in [5, 5.41) is 0. The van der Waals surface area contributed by atoms with Crippen molar-refractivity contribution in [2.24, 2.45) is 0 Å². The van der Waals surface area contributed by atoms with Crippen molar-refractivity contribution in [3.8, 4) is 0 Å². The predicted octanol–water partition coefficient (Wildman–Crippen LogP) is 2.11. The topological polar surface area (TPSA) is 66.9 Å². The van der Waals surface area contributed by atoms with Gasteiger partial charge in [0.05, 0.1) is 11.0 Å². The van der Waals surface area contributed by atoms with Crippen molar-refractivity contribution < 1.29 is 17.9 Å². The van der Waals surface area contributed by atoms with E-state index in [0.717, 1.165) is 38.8 Å². The van der Waals surface area contributed by atoms with Crippen LogP contribution in [0, 0.1) is 0 Å². The second-order valence-electron chi connectivity index (χ2n) is 6.62. The van der Waals surface area contributed by atoms with E-state index in [2.05, 4.69) is 0 Å². The first-order chi connectivity index (χ1) is 12.0. The van der Waals surface area contributed by atoms with Gasteiger partial charge in [-0.05, 0) is 43.9 Å². The lowest BCUT2D eigenvalue weighted by atomic mass is 10.1. The summed E-state index contributed by atoms with van der Waals surface area (Å²) in [5.41, 5.74) is 0.436. The molecule has 0 N–H and O–H groups in total. The lowest BCUT2D eigenvalue weighted by molar-refractivity contribution is 0.00670. The summed E-state index contributed by atoms with van der Waals surface area (Å²) in [4.78, 5) is 14.3. The van der Waals surface area contributed by atoms with E-state index in [1.54, 1.807) is 23.1 Å². The Balaban J connectivity index is 1.78. The van der Waals surface area contributed by atoms with E-state index >= 15 is 0 Å². The quantitative estimate of drug-likeness (QED) is 0.773. The van der Waals surface area contributed by atoms with E-state index in [-0.39, 0.29) is 16.9 Å². The number of hydrogen-bond donors (Lipinski definition) is 0. The van der Waals surface area contributed by atoms with Crippen molar-refractivity contribution in [1.82, 2.24) is 9.21 Å². The van der Waals surface area contributed by atoms with Crippen LogP contribution in [0.1, 0.15) is 43.0 Å². The van der Waals surface area contributed by atoms with Gasteiger partial charge in [0.2, 0.25) is 10.0 Å². The first-order valence-corrected chi connectivity index (χ1v) is 10.5. The number of carbonyl (C=O) groups is 1. The molecular formula is C18H26N2O4S. The fourth-order valence-electron chi connectivity index (χ4n) is 3.22. The van der Waals surface area contributed by atoms with Crippen molar-refractivity contribution in [1.29, 1.82) is 0 Å². The second-order valence-corrected chi connectivity index (χ2v) is 8.56. The molecule has 138 valence electrons. The molecule has 0 bridgehead atoms. The smallest absolute Gasteiger partial charge is 0.253 e. The molecule has 2 aliphatic rings. The van der Waals surface area contributed by atoms with E-state index in [0.29, 0.717) is 25.3 Å². The van der Waals surface area contributed by atoms with Gasteiger partial charge in [0.1, 0.15) is 0 Å². The van der Waals surface area contributed by atoms with Crippen LogP contribution in [0.4, 0.5) is 0 Å². The van der Waals surface area contributed by atoms with Crippen LogP contribution in [0.25, 0.3) is 0 Å². The van der Waals surface area contributed by atoms with Crippen LogP contribution >= 0.6 is 0 Å². The normalized spacial score (nSPS) is 21.2. The third-order valence-electron chi connectivity index (χ3n) is 4.90. The molecule has 7 heteroatoms. The van der Waals surface area contributed by atoms with Crippen LogP contribution < -0.4 is 0 Å². The number of carbonyl (C=O) groups excluding carboxylic acids is 1. The maximum absolute atomic E-state index is 13.0. The number of sulfonamides is 1. The number of rotatable bonds is 6. The molecule has 2 fully saturated rings. The summed E-state index contributed by atoms with van der Waals surface area (Å²) >= 11 is 0. The van der Waals surface area contributed by atoms with Gasteiger partial charge in [-0.2, -0.15) is 4.31 Å². The van der Waals surface area contributed by atoms with Crippen molar-refractivity contribution in [2.75, 3.05) is 32.8 Å². The molecule has 6 nitrogen and oxygen atoms in total. The van der Waals surface area contributed by atoms with Gasteiger partial charge in [-0.3, -0.25) is 4.79 Å². The maximum Gasteiger partial charge on any atom is 0.253 e. The zero-order valence-electron chi connectivity index (χ0n) is 14.7. The molecule has 0 unspecified atom stereocenters. The number of amides is 1. The molecule has 1 aromatic carbocycles. The van der Waals surface area contributed by atoms with Gasteiger partial charge in [-0.1, -0.05) is 13.0 Å². The number of nitrogens with zero attached hydrogens (tertiary/aromatic N) is 2. The van der Waals surface area contributed by atoms with Crippen molar-refractivity contribution in [2.45, 2.75) is 43.6 Å². The lowest BCUT2D eigenvalue weighted by Gasteiger charge is -2.31. The summed E-state index contributed by atoms with van der Waals surface area (Å²) < 4.78 is 33.2. The highest BCUT2D eigenvalue weighted by molar-refractivity contribution is 7.89. The SMILES string of the molecule is CCN(C[C@@H]1CCCCO1)S(=O)(=O)c1cccc(C(=O)N2CCC2)c1. The van der Waals surface area contributed by atoms with Gasteiger partial charge in [0, 0.05) is 38.3 Å². The Morgan fingerprint density at radius 2 is 2.08 bits per heavy atom. The molecule has 1 aromatic rings. The molecule has 1 atom stereocenters. The van der Waals surface area contributed by atoms with Gasteiger partial charge in [-0.25, -0.2) is 8.42 Å². The van der Waals surface area contributed by atoms with Gasteiger partial charge in [0.15, 0.2) is 0 Å². The van der Waals surface area contributed by atoms with Crippen LogP contribution in [0.15, 0.2) is 29.2 Å². The first-order valence-electron chi connectivity index (χ1n) is 9.03. The third-order valence-corrected chi connectivity index (χ3v) is 6.83. The lowest BCUT2D eigenvalue weighted by Crippen LogP contribution is -2.42. The predicted molar refractivity (Wildman–Crippen MR) is 95.0 cm³/mol. The van der Waals surface area contributed by atoms with Gasteiger partial charge in [0.25, 0.3) is 5.91 Å². The zero-order chi connectivity index (χ0) is 17.9. The first kappa shape index (κ1) is 18.4. The highest BCUT2D eigenvalue weighted by Crippen LogP contribution is 2.22. The van der Waals surface area contributed by atoms with E-state index in [1.165, 1.54) is 10.4 Å². The standard InChI is InChI=1S/C18H26N2O4S/c1-2-20(14-16-8-3-4-12-24-16)25(22,23)17-9-5-7-15(13-17)18(21)19-10-6-11-19/h5,7,9,13,16H,2-4,6,8,10-12,14H2,1H3/t16-/m0/s1. The van der Waals surface area contributed by atoms with Crippen LogP contribution in [0.5, 0.6) is 0 Å². The number of likely N-dealkylation sites (tertiary alicyclic amines) is 1. The molecule has 2 saturated heterocycles. The van der Waals surface area contributed by atoms with Crippen LogP contribution in [-0.4, -0.2) is 62.4 Å². The van der Waals surface area contributed by atoms with Crippen molar-refractivity contribution in [3.05, 3.63) is 29.8 Å². The fourth-order valence-corrected chi connectivity index (χ4v) is 4.74. The molecule has 0 aliphatic carbocycles. The van der Waals surface area contributed by atoms with Gasteiger partial charge in [-0.15, -0.1) is 0 Å². The van der Waals surface area contributed by atoms with Crippen LogP contribution in [0.3, 0.4) is 0 Å². The molecule has 2 aliphatic heterocycles. The zero-order valence-corrected chi connectivity index (χ0v) is 15.5. The average Bonchev–Trinajstić information content (AvgIpc) is 2.59. The van der Waals surface area contributed by atoms with Gasteiger partial charge < -0.3 is 9.64 Å². The minimum atomic E-state index is -3.64.